The molecule has 1 amide bonds. The minimum Gasteiger partial charge on any atom is -0.399 e. The van der Waals surface area contributed by atoms with Gasteiger partial charge in [-0.25, -0.2) is 15.2 Å². The van der Waals surface area contributed by atoms with Crippen LogP contribution < -0.4 is 16.6 Å². The summed E-state index contributed by atoms with van der Waals surface area (Å²) in [6.07, 6.45) is -3.42. The van der Waals surface area contributed by atoms with Crippen LogP contribution >= 0.6 is 11.6 Å². The Morgan fingerprint density at radius 3 is 2.63 bits per heavy atom. The third-order valence-corrected chi connectivity index (χ3v) is 5.15. The van der Waals surface area contributed by atoms with Gasteiger partial charge in [-0.05, 0) is 30.7 Å². The number of carbonyl (C=O) groups is 1. The first-order valence-electron chi connectivity index (χ1n) is 8.80. The molecule has 11 heteroatoms. The van der Waals surface area contributed by atoms with Gasteiger partial charge in [0.25, 0.3) is 5.91 Å². The topological polar surface area (TPSA) is 88.5 Å². The van der Waals surface area contributed by atoms with E-state index in [4.69, 9.17) is 23.2 Å². The Balaban J connectivity index is 1.83. The Kier molecular flexibility index (Phi) is 5.91. The molecule has 1 aromatic heterocycles. The summed E-state index contributed by atoms with van der Waals surface area (Å²) in [4.78, 5) is 18.0. The van der Waals surface area contributed by atoms with Crippen molar-refractivity contribution in [2.45, 2.75) is 19.5 Å². The second-order valence-corrected chi connectivity index (χ2v) is 7.15. The molecule has 0 atom stereocenters. The number of hydrazine groups is 1. The van der Waals surface area contributed by atoms with Crippen molar-refractivity contribution in [1.82, 2.24) is 9.88 Å². The Labute approximate surface area is 174 Å². The van der Waals surface area contributed by atoms with Gasteiger partial charge in [-0.2, -0.15) is 13.2 Å². The molecule has 4 N–H and O–H groups in total. The fraction of sp³-hybridized carbons (Fsp3) is 0.263. The maximum absolute atomic E-state index is 13.4. The van der Waals surface area contributed by atoms with Gasteiger partial charge in [0, 0.05) is 18.7 Å². The molecule has 160 valence electrons. The zero-order valence-corrected chi connectivity index (χ0v) is 16.6. The molecule has 0 unspecified atom stereocenters. The molecule has 0 spiro atoms. The van der Waals surface area contributed by atoms with Crippen molar-refractivity contribution in [3.63, 3.8) is 0 Å². The molecule has 0 radical (unpaired) electrons. The maximum atomic E-state index is 13.4. The highest BCUT2D eigenvalue weighted by atomic mass is 35.5. The van der Waals surface area contributed by atoms with Gasteiger partial charge < -0.3 is 10.6 Å². The van der Waals surface area contributed by atoms with Gasteiger partial charge in [-0.1, -0.05) is 17.7 Å². The molecule has 6 nitrogen and oxygen atoms in total. The summed E-state index contributed by atoms with van der Waals surface area (Å²) in [7, 11) is 0. The van der Waals surface area contributed by atoms with E-state index in [0.717, 1.165) is 18.3 Å². The molecule has 1 aliphatic rings. The average Bonchev–Trinajstić information content (AvgIpc) is 2.68. The number of nitrogens with zero attached hydrogens (tertiary/aromatic N) is 3. The SMILES string of the molecule is Cc1cc(N(N)C2=C(N)CN(C(=O)c3cccc(C(F)(F)F)c3Cl)CC2)ncc1F. The highest BCUT2D eigenvalue weighted by Gasteiger charge is 2.35. The van der Waals surface area contributed by atoms with Crippen LogP contribution in [-0.4, -0.2) is 28.9 Å². The first-order valence-corrected chi connectivity index (χ1v) is 9.18. The Bertz CT molecular complexity index is 1020. The number of rotatable bonds is 3. The van der Waals surface area contributed by atoms with Gasteiger partial charge in [0.1, 0.15) is 11.6 Å². The van der Waals surface area contributed by atoms with E-state index in [-0.39, 0.29) is 36.6 Å². The van der Waals surface area contributed by atoms with Gasteiger partial charge in [0.15, 0.2) is 0 Å². The number of hydrogen-bond acceptors (Lipinski definition) is 5. The molecule has 0 bridgehead atoms. The average molecular weight is 444 g/mol. The highest BCUT2D eigenvalue weighted by molar-refractivity contribution is 6.34. The zero-order chi connectivity index (χ0) is 22.2. The quantitative estimate of drug-likeness (QED) is 0.430. The van der Waals surface area contributed by atoms with E-state index in [1.807, 2.05) is 0 Å². The van der Waals surface area contributed by atoms with Crippen LogP contribution in [0.1, 0.15) is 27.9 Å². The number of benzene rings is 1. The number of pyridine rings is 1. The molecule has 0 fully saturated rings. The first kappa shape index (κ1) is 21.8. The monoisotopic (exact) mass is 443 g/mol. The summed E-state index contributed by atoms with van der Waals surface area (Å²) in [5.41, 5.74) is 5.80. The number of aryl methyl sites for hydroxylation is 1. The summed E-state index contributed by atoms with van der Waals surface area (Å²) in [6.45, 7) is 1.65. The van der Waals surface area contributed by atoms with E-state index < -0.39 is 28.5 Å². The van der Waals surface area contributed by atoms with E-state index in [1.54, 1.807) is 6.92 Å². The Morgan fingerprint density at radius 2 is 2.03 bits per heavy atom. The van der Waals surface area contributed by atoms with Gasteiger partial charge in [0.2, 0.25) is 0 Å². The zero-order valence-electron chi connectivity index (χ0n) is 15.8. The van der Waals surface area contributed by atoms with Gasteiger partial charge in [-0.3, -0.25) is 9.80 Å². The summed E-state index contributed by atoms with van der Waals surface area (Å²) in [6, 6.07) is 4.62. The number of aromatic nitrogens is 1. The third-order valence-electron chi connectivity index (χ3n) is 4.74. The van der Waals surface area contributed by atoms with E-state index in [9.17, 15) is 22.4 Å². The molecule has 2 heterocycles. The van der Waals surface area contributed by atoms with Crippen LogP contribution in [0.2, 0.25) is 5.02 Å². The van der Waals surface area contributed by atoms with Crippen LogP contribution in [0.4, 0.5) is 23.4 Å². The second-order valence-electron chi connectivity index (χ2n) is 6.78. The molecule has 0 aliphatic carbocycles. The van der Waals surface area contributed by atoms with Crippen LogP contribution in [0, 0.1) is 12.7 Å². The first-order chi connectivity index (χ1) is 14.0. The third kappa shape index (κ3) is 4.19. The number of halogens is 5. The Hall–Kier alpha value is -2.85. The number of alkyl halides is 3. The van der Waals surface area contributed by atoms with E-state index >= 15 is 0 Å². The molecular weight excluding hydrogens is 426 g/mol. The summed E-state index contributed by atoms with van der Waals surface area (Å²) >= 11 is 5.85. The Morgan fingerprint density at radius 1 is 1.33 bits per heavy atom. The molecule has 30 heavy (non-hydrogen) atoms. The normalized spacial score (nSPS) is 14.8. The van der Waals surface area contributed by atoms with Crippen molar-refractivity contribution in [3.8, 4) is 0 Å². The smallest absolute Gasteiger partial charge is 0.399 e. The fourth-order valence-corrected chi connectivity index (χ4v) is 3.42. The van der Waals surface area contributed by atoms with E-state index in [1.165, 1.54) is 22.0 Å². The maximum Gasteiger partial charge on any atom is 0.417 e. The standard InChI is InChI=1S/C19H18ClF4N5O/c1-10-7-16(27-8-13(10)21)29(26)15-5-6-28(9-14(15)25)18(30)11-3-2-4-12(17(11)20)19(22,23)24/h2-4,7-8H,5-6,9,25-26H2,1H3. The minimum atomic E-state index is -4.68. The van der Waals surface area contributed by atoms with Crippen LogP contribution in [0.15, 0.2) is 41.9 Å². The lowest BCUT2D eigenvalue weighted by Crippen LogP contribution is -2.44. The van der Waals surface area contributed by atoms with Gasteiger partial charge >= 0.3 is 6.18 Å². The van der Waals surface area contributed by atoms with E-state index in [2.05, 4.69) is 4.98 Å². The molecule has 3 rings (SSSR count). The molecule has 0 saturated heterocycles. The number of hydrogen-bond donors (Lipinski definition) is 2. The minimum absolute atomic E-state index is 0.0609. The van der Waals surface area contributed by atoms with E-state index in [0.29, 0.717) is 11.3 Å². The molecule has 1 aliphatic heterocycles. The summed E-state index contributed by atoms with van der Waals surface area (Å²) in [5.74, 6) is 5.18. The molecule has 0 saturated carbocycles. The summed E-state index contributed by atoms with van der Waals surface area (Å²) in [5, 5.41) is 0.552. The lowest BCUT2D eigenvalue weighted by atomic mass is 10.1. The van der Waals surface area contributed by atoms with Crippen molar-refractivity contribution in [3.05, 3.63) is 69.4 Å². The van der Waals surface area contributed by atoms with Crippen molar-refractivity contribution in [2.75, 3.05) is 18.1 Å². The van der Waals surface area contributed by atoms with Crippen LogP contribution in [-0.2, 0) is 6.18 Å². The number of nitrogens with two attached hydrogens (primary N) is 2. The predicted octanol–water partition coefficient (Wildman–Crippen LogP) is 3.60. The van der Waals surface area contributed by atoms with Crippen molar-refractivity contribution in [1.29, 1.82) is 0 Å². The van der Waals surface area contributed by atoms with Crippen molar-refractivity contribution < 1.29 is 22.4 Å². The fourth-order valence-electron chi connectivity index (χ4n) is 3.11. The van der Waals surface area contributed by atoms with Crippen LogP contribution in [0.5, 0.6) is 0 Å². The van der Waals surface area contributed by atoms with Gasteiger partial charge in [0.05, 0.1) is 34.6 Å². The molecular formula is C19H18ClF4N5O. The van der Waals surface area contributed by atoms with Crippen LogP contribution in [0.25, 0.3) is 0 Å². The number of anilines is 1. The highest BCUT2D eigenvalue weighted by Crippen LogP contribution is 2.36. The number of amides is 1. The lowest BCUT2D eigenvalue weighted by Gasteiger charge is -2.33. The lowest BCUT2D eigenvalue weighted by molar-refractivity contribution is -0.137. The van der Waals surface area contributed by atoms with Crippen molar-refractivity contribution in [2.24, 2.45) is 11.6 Å². The summed E-state index contributed by atoms with van der Waals surface area (Å²) < 4.78 is 52.6. The number of carbonyl (C=O) groups excluding carboxylic acids is 1. The van der Waals surface area contributed by atoms with Crippen molar-refractivity contribution >= 4 is 23.3 Å². The van der Waals surface area contributed by atoms with Crippen LogP contribution in [0.3, 0.4) is 0 Å². The molecule has 1 aromatic carbocycles. The van der Waals surface area contributed by atoms with Gasteiger partial charge in [-0.15, -0.1) is 0 Å². The largest absolute Gasteiger partial charge is 0.417 e. The molecule has 2 aromatic rings. The predicted molar refractivity (Wildman–Crippen MR) is 104 cm³/mol. The second kappa shape index (κ2) is 8.11.